The van der Waals surface area contributed by atoms with Gasteiger partial charge in [0.1, 0.15) is 5.01 Å². The standard InChI is InChI=1S/C49H40N2S/c1-49(2)44-31-25-37(41(35-16-8-4-9-17-35)29-22-34-14-6-3-7-15-34)32-43(44)42-30-28-40(33-45(42)49)51(38-18-10-5-11-19-38)39-26-23-36(24-27-39)48-50-46-20-12-13-21-47(46)52-48/h3-21,23-28,30-33,41H,22,29H2,1-2H3. The first-order valence-corrected chi connectivity index (χ1v) is 19.0. The number of hydrogen-bond donors (Lipinski definition) is 0. The maximum absolute atomic E-state index is 4.91. The number of hydrogen-bond acceptors (Lipinski definition) is 3. The molecule has 3 heteroatoms. The minimum absolute atomic E-state index is 0.134. The van der Waals surface area contributed by atoms with E-state index < -0.39 is 0 Å². The van der Waals surface area contributed by atoms with Gasteiger partial charge in [0, 0.05) is 34.0 Å². The van der Waals surface area contributed by atoms with E-state index in [1.54, 1.807) is 11.3 Å². The summed E-state index contributed by atoms with van der Waals surface area (Å²) in [6.45, 7) is 4.76. The molecule has 1 unspecified atom stereocenters. The molecule has 1 aliphatic rings. The Labute approximate surface area is 310 Å². The van der Waals surface area contributed by atoms with Crippen LogP contribution in [0.4, 0.5) is 17.1 Å². The number of benzene rings is 7. The molecule has 9 rings (SSSR count). The van der Waals surface area contributed by atoms with Crippen LogP contribution < -0.4 is 4.90 Å². The zero-order valence-corrected chi connectivity index (χ0v) is 30.4. The molecule has 8 aromatic rings. The summed E-state index contributed by atoms with van der Waals surface area (Å²) in [6.07, 6.45) is 2.10. The summed E-state index contributed by atoms with van der Waals surface area (Å²) >= 11 is 1.74. The van der Waals surface area contributed by atoms with Gasteiger partial charge in [-0.1, -0.05) is 129 Å². The van der Waals surface area contributed by atoms with Crippen LogP contribution in [0.1, 0.15) is 54.0 Å². The van der Waals surface area contributed by atoms with Crippen molar-refractivity contribution in [1.29, 1.82) is 0 Å². The molecule has 0 aliphatic heterocycles. The minimum Gasteiger partial charge on any atom is -0.310 e. The molecule has 2 nitrogen and oxygen atoms in total. The predicted molar refractivity (Wildman–Crippen MR) is 220 cm³/mol. The zero-order valence-electron chi connectivity index (χ0n) is 29.5. The number of aromatic nitrogens is 1. The molecule has 1 aromatic heterocycles. The van der Waals surface area contributed by atoms with Crippen molar-refractivity contribution in [3.8, 4) is 21.7 Å². The van der Waals surface area contributed by atoms with Crippen molar-refractivity contribution in [3.05, 3.63) is 204 Å². The molecule has 0 N–H and O–H groups in total. The average Bonchev–Trinajstić information content (AvgIpc) is 3.73. The van der Waals surface area contributed by atoms with Crippen molar-refractivity contribution in [2.45, 2.75) is 38.0 Å². The molecule has 0 bridgehead atoms. The van der Waals surface area contributed by atoms with Crippen LogP contribution in [0.2, 0.25) is 0 Å². The fourth-order valence-corrected chi connectivity index (χ4v) is 9.03. The fourth-order valence-electron chi connectivity index (χ4n) is 8.05. The van der Waals surface area contributed by atoms with Gasteiger partial charge in [-0.3, -0.25) is 0 Å². The maximum atomic E-state index is 4.91. The highest BCUT2D eigenvalue weighted by Crippen LogP contribution is 2.52. The Bertz CT molecular complexity index is 2450. The Balaban J connectivity index is 1.08. The highest BCUT2D eigenvalue weighted by Gasteiger charge is 2.36. The third-order valence-electron chi connectivity index (χ3n) is 10.8. The Hall–Kier alpha value is -5.77. The van der Waals surface area contributed by atoms with Gasteiger partial charge in [0.15, 0.2) is 0 Å². The van der Waals surface area contributed by atoms with Crippen LogP contribution in [-0.2, 0) is 11.8 Å². The van der Waals surface area contributed by atoms with Crippen LogP contribution in [-0.4, -0.2) is 4.98 Å². The van der Waals surface area contributed by atoms with Gasteiger partial charge < -0.3 is 4.90 Å². The van der Waals surface area contributed by atoms with Crippen LogP contribution in [0, 0.1) is 0 Å². The van der Waals surface area contributed by atoms with E-state index in [1.165, 1.54) is 43.6 Å². The third kappa shape index (κ3) is 5.91. The lowest BCUT2D eigenvalue weighted by atomic mass is 9.80. The van der Waals surface area contributed by atoms with Gasteiger partial charge in [-0.2, -0.15) is 0 Å². The van der Waals surface area contributed by atoms with E-state index in [4.69, 9.17) is 4.98 Å². The topological polar surface area (TPSA) is 16.1 Å². The van der Waals surface area contributed by atoms with E-state index in [0.717, 1.165) is 46.0 Å². The summed E-state index contributed by atoms with van der Waals surface area (Å²) in [5.41, 5.74) is 15.1. The number of anilines is 3. The second kappa shape index (κ2) is 13.4. The first-order valence-electron chi connectivity index (χ1n) is 18.2. The first-order chi connectivity index (χ1) is 25.5. The molecule has 0 saturated heterocycles. The van der Waals surface area contributed by atoms with Crippen LogP contribution >= 0.6 is 11.3 Å². The SMILES string of the molecule is CC1(C)c2ccc(C(CCc3ccccc3)c3ccccc3)cc2-c2ccc(N(c3ccccc3)c3ccc(-c4nc5ccccc5s4)cc3)cc21. The summed E-state index contributed by atoms with van der Waals surface area (Å²) in [7, 11) is 0. The maximum Gasteiger partial charge on any atom is 0.124 e. The molecule has 0 fully saturated rings. The van der Waals surface area contributed by atoms with Crippen LogP contribution in [0.25, 0.3) is 31.9 Å². The van der Waals surface area contributed by atoms with Crippen LogP contribution in [0.3, 0.4) is 0 Å². The van der Waals surface area contributed by atoms with E-state index in [1.807, 2.05) is 0 Å². The van der Waals surface area contributed by atoms with Gasteiger partial charge in [0.25, 0.3) is 0 Å². The summed E-state index contributed by atoms with van der Waals surface area (Å²) in [6, 6.07) is 64.2. The lowest BCUT2D eigenvalue weighted by Crippen LogP contribution is -2.16. The number of para-hydroxylation sites is 2. The van der Waals surface area contributed by atoms with Crippen molar-refractivity contribution in [3.63, 3.8) is 0 Å². The van der Waals surface area contributed by atoms with Gasteiger partial charge in [0.05, 0.1) is 10.2 Å². The summed E-state index contributed by atoms with van der Waals surface area (Å²) in [5.74, 6) is 0.317. The van der Waals surface area contributed by atoms with E-state index in [-0.39, 0.29) is 5.41 Å². The monoisotopic (exact) mass is 688 g/mol. The molecular weight excluding hydrogens is 649 g/mol. The normalized spacial score (nSPS) is 13.4. The lowest BCUT2D eigenvalue weighted by Gasteiger charge is -2.28. The average molecular weight is 689 g/mol. The van der Waals surface area contributed by atoms with Crippen molar-refractivity contribution >= 4 is 38.6 Å². The van der Waals surface area contributed by atoms with E-state index in [0.29, 0.717) is 5.92 Å². The van der Waals surface area contributed by atoms with Gasteiger partial charge >= 0.3 is 0 Å². The summed E-state index contributed by atoms with van der Waals surface area (Å²) < 4.78 is 1.21. The fraction of sp³-hybridized carbons (Fsp3) is 0.122. The molecule has 52 heavy (non-hydrogen) atoms. The number of aryl methyl sites for hydroxylation is 1. The highest BCUT2D eigenvalue weighted by molar-refractivity contribution is 7.21. The molecule has 0 saturated carbocycles. The molecule has 1 aliphatic carbocycles. The van der Waals surface area contributed by atoms with Crippen molar-refractivity contribution in [2.24, 2.45) is 0 Å². The molecule has 252 valence electrons. The van der Waals surface area contributed by atoms with E-state index >= 15 is 0 Å². The number of thiazole rings is 1. The molecule has 1 atom stereocenters. The largest absolute Gasteiger partial charge is 0.310 e. The molecule has 0 radical (unpaired) electrons. The minimum atomic E-state index is -0.134. The first kappa shape index (κ1) is 32.2. The molecule has 0 spiro atoms. The summed E-state index contributed by atoms with van der Waals surface area (Å²) in [4.78, 5) is 7.29. The second-order valence-corrected chi connectivity index (χ2v) is 15.4. The van der Waals surface area contributed by atoms with Gasteiger partial charge in [-0.05, 0) is 112 Å². The quantitative estimate of drug-likeness (QED) is 0.150. The van der Waals surface area contributed by atoms with Gasteiger partial charge in [0.2, 0.25) is 0 Å². The number of fused-ring (bicyclic) bond motifs is 4. The lowest BCUT2D eigenvalue weighted by molar-refractivity contribution is 0.659. The molecule has 7 aromatic carbocycles. The second-order valence-electron chi connectivity index (χ2n) is 14.4. The van der Waals surface area contributed by atoms with Gasteiger partial charge in [-0.25, -0.2) is 4.98 Å². The zero-order chi connectivity index (χ0) is 35.1. The summed E-state index contributed by atoms with van der Waals surface area (Å²) in [5, 5.41) is 1.05. The van der Waals surface area contributed by atoms with E-state index in [9.17, 15) is 0 Å². The Kier molecular flexibility index (Phi) is 8.29. The van der Waals surface area contributed by atoms with Crippen LogP contribution in [0.5, 0.6) is 0 Å². The molecule has 0 amide bonds. The number of nitrogens with zero attached hydrogens (tertiary/aromatic N) is 2. The highest BCUT2D eigenvalue weighted by atomic mass is 32.1. The number of rotatable bonds is 9. The predicted octanol–water partition coefficient (Wildman–Crippen LogP) is 13.5. The molecular formula is C49H40N2S. The van der Waals surface area contributed by atoms with Crippen molar-refractivity contribution in [1.82, 2.24) is 4.98 Å². The third-order valence-corrected chi connectivity index (χ3v) is 11.9. The van der Waals surface area contributed by atoms with Crippen LogP contribution in [0.15, 0.2) is 176 Å². The smallest absolute Gasteiger partial charge is 0.124 e. The molecule has 1 heterocycles. The van der Waals surface area contributed by atoms with Gasteiger partial charge in [-0.15, -0.1) is 11.3 Å². The van der Waals surface area contributed by atoms with Crippen molar-refractivity contribution < 1.29 is 0 Å². The Morgan fingerprint density at radius 1 is 0.558 bits per heavy atom. The Morgan fingerprint density at radius 3 is 1.96 bits per heavy atom. The van der Waals surface area contributed by atoms with Crippen molar-refractivity contribution in [2.75, 3.05) is 4.90 Å². The van der Waals surface area contributed by atoms with E-state index in [2.05, 4.69) is 195 Å². The Morgan fingerprint density at radius 2 is 1.21 bits per heavy atom.